The molecule has 0 saturated carbocycles. The lowest BCUT2D eigenvalue weighted by Crippen LogP contribution is -2.23. The topological polar surface area (TPSA) is 29.9 Å². The van der Waals surface area contributed by atoms with Crippen molar-refractivity contribution in [3.05, 3.63) is 51.8 Å². The van der Waals surface area contributed by atoms with Gasteiger partial charge in [0.15, 0.2) is 0 Å². The van der Waals surface area contributed by atoms with E-state index in [9.17, 15) is 0 Å². The molecule has 0 amide bonds. The number of hydrogen-bond acceptors (Lipinski definition) is 2. The molecule has 1 heterocycles. The van der Waals surface area contributed by atoms with Gasteiger partial charge < -0.3 is 5.32 Å². The molecule has 0 radical (unpaired) electrons. The SMILES string of the molecule is CCCNC(CCc1ccnn1C)c1cc(C)cc(Br)c1. The third kappa shape index (κ3) is 4.68. The third-order valence-corrected chi connectivity index (χ3v) is 4.18. The Morgan fingerprint density at radius 3 is 2.76 bits per heavy atom. The Morgan fingerprint density at radius 1 is 1.33 bits per heavy atom. The highest BCUT2D eigenvalue weighted by molar-refractivity contribution is 9.10. The van der Waals surface area contributed by atoms with Crippen molar-refractivity contribution < 1.29 is 0 Å². The quantitative estimate of drug-likeness (QED) is 0.812. The minimum Gasteiger partial charge on any atom is -0.310 e. The lowest BCUT2D eigenvalue weighted by Gasteiger charge is -2.20. The maximum atomic E-state index is 4.25. The van der Waals surface area contributed by atoms with E-state index in [0.717, 1.165) is 30.3 Å². The zero-order valence-electron chi connectivity index (χ0n) is 13.1. The zero-order chi connectivity index (χ0) is 15.2. The average molecular weight is 350 g/mol. The van der Waals surface area contributed by atoms with Gasteiger partial charge in [-0.05, 0) is 62.1 Å². The van der Waals surface area contributed by atoms with Crippen LogP contribution < -0.4 is 5.32 Å². The van der Waals surface area contributed by atoms with E-state index >= 15 is 0 Å². The maximum absolute atomic E-state index is 4.25. The summed E-state index contributed by atoms with van der Waals surface area (Å²) in [7, 11) is 2.01. The molecule has 0 saturated heterocycles. The number of hydrogen-bond donors (Lipinski definition) is 1. The Morgan fingerprint density at radius 2 is 2.14 bits per heavy atom. The van der Waals surface area contributed by atoms with E-state index in [-0.39, 0.29) is 0 Å². The van der Waals surface area contributed by atoms with Crippen molar-refractivity contribution >= 4 is 15.9 Å². The molecule has 0 aliphatic heterocycles. The van der Waals surface area contributed by atoms with Gasteiger partial charge in [0.1, 0.15) is 0 Å². The second-order valence-corrected chi connectivity index (χ2v) is 6.47. The molecule has 1 aromatic heterocycles. The molecule has 2 aromatic rings. The standard InChI is InChI=1S/C17H24BrN3/c1-4-8-19-17(6-5-16-7-9-20-21(16)3)14-10-13(2)11-15(18)12-14/h7,9-12,17,19H,4-6,8H2,1-3H3. The molecule has 4 heteroatoms. The van der Waals surface area contributed by atoms with Crippen LogP contribution in [0.15, 0.2) is 34.9 Å². The summed E-state index contributed by atoms with van der Waals surface area (Å²) < 4.78 is 3.12. The van der Waals surface area contributed by atoms with Crippen LogP contribution in [-0.2, 0) is 13.5 Å². The van der Waals surface area contributed by atoms with Gasteiger partial charge in [-0.15, -0.1) is 0 Å². The van der Waals surface area contributed by atoms with E-state index in [0.29, 0.717) is 6.04 Å². The molecule has 1 unspecified atom stereocenters. The first-order chi connectivity index (χ1) is 10.1. The summed E-state index contributed by atoms with van der Waals surface area (Å²) in [5.74, 6) is 0. The van der Waals surface area contributed by atoms with Crippen LogP contribution >= 0.6 is 15.9 Å². The first kappa shape index (κ1) is 16.2. The van der Waals surface area contributed by atoms with Crippen LogP contribution in [0.5, 0.6) is 0 Å². The molecule has 3 nitrogen and oxygen atoms in total. The van der Waals surface area contributed by atoms with E-state index in [1.807, 2.05) is 17.9 Å². The third-order valence-electron chi connectivity index (χ3n) is 3.72. The minimum atomic E-state index is 0.385. The lowest BCUT2D eigenvalue weighted by molar-refractivity contribution is 0.491. The Kier molecular flexibility index (Phi) is 6.00. The summed E-state index contributed by atoms with van der Waals surface area (Å²) in [6, 6.07) is 9.14. The average Bonchev–Trinajstić information content (AvgIpc) is 2.83. The fourth-order valence-electron chi connectivity index (χ4n) is 2.61. The molecule has 0 fully saturated rings. The molecular formula is C17H24BrN3. The normalized spacial score (nSPS) is 12.6. The summed E-state index contributed by atoms with van der Waals surface area (Å²) in [6.07, 6.45) is 5.13. The van der Waals surface area contributed by atoms with Crippen LogP contribution in [-0.4, -0.2) is 16.3 Å². The molecule has 0 spiro atoms. The van der Waals surface area contributed by atoms with Crippen molar-refractivity contribution in [2.75, 3.05) is 6.54 Å². The van der Waals surface area contributed by atoms with Gasteiger partial charge in [0.2, 0.25) is 0 Å². The van der Waals surface area contributed by atoms with Gasteiger partial charge in [-0.2, -0.15) is 5.10 Å². The number of nitrogens with zero attached hydrogens (tertiary/aromatic N) is 2. The second kappa shape index (κ2) is 7.76. The first-order valence-electron chi connectivity index (χ1n) is 7.57. The van der Waals surface area contributed by atoms with Gasteiger partial charge in [0.05, 0.1) is 0 Å². The molecule has 1 aromatic carbocycles. The monoisotopic (exact) mass is 349 g/mol. The maximum Gasteiger partial charge on any atom is 0.0492 e. The Balaban J connectivity index is 2.11. The van der Waals surface area contributed by atoms with E-state index in [4.69, 9.17) is 0 Å². The highest BCUT2D eigenvalue weighted by Crippen LogP contribution is 2.24. The van der Waals surface area contributed by atoms with Crippen molar-refractivity contribution in [2.24, 2.45) is 7.05 Å². The van der Waals surface area contributed by atoms with Crippen LogP contribution in [0.1, 0.15) is 42.6 Å². The predicted octanol–water partition coefficient (Wildman–Crippen LogP) is 4.16. The second-order valence-electron chi connectivity index (χ2n) is 5.55. The molecular weight excluding hydrogens is 326 g/mol. The van der Waals surface area contributed by atoms with Crippen molar-refractivity contribution in [2.45, 2.75) is 39.2 Å². The van der Waals surface area contributed by atoms with E-state index in [1.54, 1.807) is 0 Å². The van der Waals surface area contributed by atoms with Gasteiger partial charge in [0, 0.05) is 29.5 Å². The molecule has 0 bridgehead atoms. The predicted molar refractivity (Wildman–Crippen MR) is 91.4 cm³/mol. The van der Waals surface area contributed by atoms with Crippen LogP contribution in [0.25, 0.3) is 0 Å². The van der Waals surface area contributed by atoms with Crippen molar-refractivity contribution in [3.8, 4) is 0 Å². The van der Waals surface area contributed by atoms with Gasteiger partial charge in [-0.1, -0.05) is 28.9 Å². The van der Waals surface area contributed by atoms with E-state index in [1.165, 1.54) is 16.8 Å². The molecule has 0 aliphatic carbocycles. The van der Waals surface area contributed by atoms with E-state index < -0.39 is 0 Å². The fourth-order valence-corrected chi connectivity index (χ4v) is 3.24. The lowest BCUT2D eigenvalue weighted by atomic mass is 9.99. The van der Waals surface area contributed by atoms with Crippen LogP contribution in [0.2, 0.25) is 0 Å². The van der Waals surface area contributed by atoms with Crippen LogP contribution in [0.4, 0.5) is 0 Å². The molecule has 2 rings (SSSR count). The number of aryl methyl sites for hydroxylation is 3. The molecule has 114 valence electrons. The van der Waals surface area contributed by atoms with Gasteiger partial charge >= 0.3 is 0 Å². The number of halogens is 1. The fraction of sp³-hybridized carbons (Fsp3) is 0.471. The molecule has 1 N–H and O–H groups in total. The Bertz CT molecular complexity index is 557. The molecule has 0 aliphatic rings. The summed E-state index contributed by atoms with van der Waals surface area (Å²) >= 11 is 3.61. The van der Waals surface area contributed by atoms with Crippen molar-refractivity contribution in [3.63, 3.8) is 0 Å². The smallest absolute Gasteiger partial charge is 0.0492 e. The summed E-state index contributed by atoms with van der Waals surface area (Å²) in [6.45, 7) is 5.39. The van der Waals surface area contributed by atoms with Crippen molar-refractivity contribution in [1.29, 1.82) is 0 Å². The summed E-state index contributed by atoms with van der Waals surface area (Å²) in [4.78, 5) is 0. The minimum absolute atomic E-state index is 0.385. The highest BCUT2D eigenvalue weighted by atomic mass is 79.9. The Labute approximate surface area is 135 Å². The summed E-state index contributed by atoms with van der Waals surface area (Å²) in [5.41, 5.74) is 3.94. The van der Waals surface area contributed by atoms with Gasteiger partial charge in [-0.3, -0.25) is 4.68 Å². The number of rotatable bonds is 7. The van der Waals surface area contributed by atoms with Crippen LogP contribution in [0.3, 0.4) is 0 Å². The van der Waals surface area contributed by atoms with Gasteiger partial charge in [-0.25, -0.2) is 0 Å². The number of aromatic nitrogens is 2. The largest absolute Gasteiger partial charge is 0.310 e. The van der Waals surface area contributed by atoms with Crippen molar-refractivity contribution in [1.82, 2.24) is 15.1 Å². The highest BCUT2D eigenvalue weighted by Gasteiger charge is 2.13. The van der Waals surface area contributed by atoms with E-state index in [2.05, 4.69) is 64.5 Å². The number of benzene rings is 1. The summed E-state index contributed by atoms with van der Waals surface area (Å²) in [5, 5.41) is 7.92. The van der Waals surface area contributed by atoms with Crippen LogP contribution in [0, 0.1) is 6.92 Å². The molecule has 1 atom stereocenters. The number of nitrogens with one attached hydrogen (secondary N) is 1. The molecule has 21 heavy (non-hydrogen) atoms. The Hall–Kier alpha value is -1.13. The first-order valence-corrected chi connectivity index (χ1v) is 8.36. The van der Waals surface area contributed by atoms with Gasteiger partial charge in [0.25, 0.3) is 0 Å². The zero-order valence-corrected chi connectivity index (χ0v) is 14.7.